The molecule has 108 valence electrons. The number of thiophene rings is 1. The van der Waals surface area contributed by atoms with Crippen LogP contribution >= 0.6 is 11.3 Å². The number of amides is 1. The Morgan fingerprint density at radius 1 is 1.63 bits per heavy atom. The first kappa shape index (κ1) is 16.1. The third kappa shape index (κ3) is 7.27. The summed E-state index contributed by atoms with van der Waals surface area (Å²) in [5.74, 6) is -0.360. The molecule has 0 aliphatic heterocycles. The van der Waals surface area contributed by atoms with Gasteiger partial charge in [0.2, 0.25) is 5.91 Å². The number of carbonyl (C=O) groups excluding carboxylic acids is 1. The lowest BCUT2D eigenvalue weighted by Gasteiger charge is -2.26. The molecule has 19 heavy (non-hydrogen) atoms. The fraction of sp³-hybridized carbons (Fsp3) is 0.615. The molecule has 4 N–H and O–H groups in total. The second-order valence-corrected chi connectivity index (χ2v) is 6.19. The van der Waals surface area contributed by atoms with Gasteiger partial charge in [0.05, 0.1) is 19.3 Å². The van der Waals surface area contributed by atoms with E-state index in [0.29, 0.717) is 13.2 Å². The number of nitrogens with one attached hydrogen (secondary N) is 1. The third-order valence-corrected chi connectivity index (χ3v) is 3.42. The van der Waals surface area contributed by atoms with Crippen molar-refractivity contribution in [3.63, 3.8) is 0 Å². The molecule has 1 unspecified atom stereocenters. The molecule has 0 spiro atoms. The van der Waals surface area contributed by atoms with Gasteiger partial charge < -0.3 is 20.9 Å². The van der Waals surface area contributed by atoms with Crippen molar-refractivity contribution in [2.75, 3.05) is 13.2 Å². The highest BCUT2D eigenvalue weighted by Gasteiger charge is 2.20. The third-order valence-electron chi connectivity index (χ3n) is 2.57. The maximum absolute atomic E-state index is 10.9. The van der Waals surface area contributed by atoms with Gasteiger partial charge in [-0.2, -0.15) is 0 Å². The lowest BCUT2D eigenvalue weighted by Crippen LogP contribution is -2.46. The number of primary amides is 1. The first-order valence-electron chi connectivity index (χ1n) is 6.20. The minimum absolute atomic E-state index is 0.232. The van der Waals surface area contributed by atoms with Crippen molar-refractivity contribution in [1.29, 1.82) is 0 Å². The van der Waals surface area contributed by atoms with E-state index in [9.17, 15) is 9.90 Å². The second kappa shape index (κ2) is 7.59. The molecule has 0 saturated carbocycles. The molecule has 1 aromatic rings. The molecule has 0 saturated heterocycles. The van der Waals surface area contributed by atoms with E-state index in [2.05, 4.69) is 5.32 Å². The smallest absolute Gasteiger partial charge is 0.219 e. The maximum Gasteiger partial charge on any atom is 0.219 e. The number of rotatable bonds is 9. The molecule has 1 aromatic heterocycles. The summed E-state index contributed by atoms with van der Waals surface area (Å²) >= 11 is 1.63. The Labute approximate surface area is 117 Å². The largest absolute Gasteiger partial charge is 0.389 e. The molecule has 0 fully saturated rings. The van der Waals surface area contributed by atoms with Crippen molar-refractivity contribution in [2.45, 2.75) is 38.5 Å². The van der Waals surface area contributed by atoms with Gasteiger partial charge in [0.25, 0.3) is 0 Å². The number of nitrogens with two attached hydrogens (primary N) is 1. The summed E-state index contributed by atoms with van der Waals surface area (Å²) in [6.07, 6.45) is -0.373. The predicted molar refractivity (Wildman–Crippen MR) is 75.9 cm³/mol. The van der Waals surface area contributed by atoms with Crippen LogP contribution in [0, 0.1) is 0 Å². The van der Waals surface area contributed by atoms with Crippen LogP contribution in [0.2, 0.25) is 0 Å². The highest BCUT2D eigenvalue weighted by Crippen LogP contribution is 2.10. The van der Waals surface area contributed by atoms with Gasteiger partial charge in [-0.15, -0.1) is 11.3 Å². The normalized spacial score (nSPS) is 13.4. The van der Waals surface area contributed by atoms with Crippen LogP contribution in [0.1, 0.15) is 25.1 Å². The van der Waals surface area contributed by atoms with E-state index in [0.717, 1.165) is 4.88 Å². The zero-order chi connectivity index (χ0) is 14.3. The van der Waals surface area contributed by atoms with E-state index in [4.69, 9.17) is 10.5 Å². The van der Waals surface area contributed by atoms with Crippen LogP contribution in [0.3, 0.4) is 0 Å². The standard InChI is InChI=1S/C13H22N2O3S/c1-13(2,6-12(14)17)15-7-10(16)8-18-9-11-4-3-5-19-11/h3-5,10,15-16H,6-9H2,1-2H3,(H2,14,17). The minimum Gasteiger partial charge on any atom is -0.389 e. The van der Waals surface area contributed by atoms with Gasteiger partial charge in [0.15, 0.2) is 0 Å². The summed E-state index contributed by atoms with van der Waals surface area (Å²) in [7, 11) is 0. The molecule has 6 heteroatoms. The molecule has 0 radical (unpaired) electrons. The Balaban J connectivity index is 2.16. The van der Waals surface area contributed by atoms with Crippen LogP contribution in [-0.2, 0) is 16.1 Å². The topological polar surface area (TPSA) is 84.6 Å². The van der Waals surface area contributed by atoms with Crippen LogP contribution < -0.4 is 11.1 Å². The Bertz CT molecular complexity index is 379. The van der Waals surface area contributed by atoms with Crippen LogP contribution in [0.15, 0.2) is 17.5 Å². The maximum atomic E-state index is 10.9. The van der Waals surface area contributed by atoms with E-state index < -0.39 is 11.6 Å². The molecule has 1 rings (SSSR count). The molecule has 5 nitrogen and oxygen atoms in total. The first-order chi connectivity index (χ1) is 8.89. The summed E-state index contributed by atoms with van der Waals surface area (Å²) < 4.78 is 5.41. The highest BCUT2D eigenvalue weighted by atomic mass is 32.1. The number of aliphatic hydroxyl groups excluding tert-OH is 1. The van der Waals surface area contributed by atoms with Crippen molar-refractivity contribution in [3.05, 3.63) is 22.4 Å². The molecule has 0 aliphatic rings. The van der Waals surface area contributed by atoms with Gasteiger partial charge in [-0.1, -0.05) is 6.07 Å². The first-order valence-corrected chi connectivity index (χ1v) is 7.08. The Hall–Kier alpha value is -0.950. The monoisotopic (exact) mass is 286 g/mol. The van der Waals surface area contributed by atoms with Gasteiger partial charge in [0, 0.05) is 23.4 Å². The molecular weight excluding hydrogens is 264 g/mol. The fourth-order valence-electron chi connectivity index (χ4n) is 1.64. The molecular formula is C13H22N2O3S. The summed E-state index contributed by atoms with van der Waals surface area (Å²) in [5, 5.41) is 14.9. The second-order valence-electron chi connectivity index (χ2n) is 5.16. The zero-order valence-electron chi connectivity index (χ0n) is 11.4. The van der Waals surface area contributed by atoms with Gasteiger partial charge in [-0.25, -0.2) is 0 Å². The van der Waals surface area contributed by atoms with Gasteiger partial charge in [0.1, 0.15) is 0 Å². The molecule has 0 aromatic carbocycles. The van der Waals surface area contributed by atoms with Crippen LogP contribution in [0.25, 0.3) is 0 Å². The average Bonchev–Trinajstić information content (AvgIpc) is 2.78. The summed E-state index contributed by atoms with van der Waals surface area (Å²) in [4.78, 5) is 12.0. The SMILES string of the molecule is CC(C)(CC(N)=O)NCC(O)COCc1cccs1. The fourth-order valence-corrected chi connectivity index (χ4v) is 2.28. The van der Waals surface area contributed by atoms with Crippen LogP contribution in [-0.4, -0.2) is 35.8 Å². The van der Waals surface area contributed by atoms with Crippen molar-refractivity contribution in [3.8, 4) is 0 Å². The van der Waals surface area contributed by atoms with Gasteiger partial charge in [-0.05, 0) is 25.3 Å². The highest BCUT2D eigenvalue weighted by molar-refractivity contribution is 7.09. The molecule has 0 aliphatic carbocycles. The number of ether oxygens (including phenoxy) is 1. The van der Waals surface area contributed by atoms with Crippen LogP contribution in [0.5, 0.6) is 0 Å². The van der Waals surface area contributed by atoms with E-state index in [1.54, 1.807) is 11.3 Å². The van der Waals surface area contributed by atoms with Crippen LogP contribution in [0.4, 0.5) is 0 Å². The number of hydrogen-bond donors (Lipinski definition) is 3. The van der Waals surface area contributed by atoms with E-state index in [1.165, 1.54) is 0 Å². The summed E-state index contributed by atoms with van der Waals surface area (Å²) in [6.45, 7) is 4.88. The summed E-state index contributed by atoms with van der Waals surface area (Å²) in [6, 6.07) is 3.96. The van der Waals surface area contributed by atoms with Crippen molar-refractivity contribution >= 4 is 17.2 Å². The predicted octanol–water partition coefficient (Wildman–Crippen LogP) is 0.869. The molecule has 0 bridgehead atoms. The number of carbonyl (C=O) groups is 1. The van der Waals surface area contributed by atoms with E-state index >= 15 is 0 Å². The van der Waals surface area contributed by atoms with E-state index in [-0.39, 0.29) is 18.9 Å². The number of β-amino-alcohol motifs (C(OH)–C–C–N with tert-alkyl or cyclic N) is 1. The average molecular weight is 286 g/mol. The number of hydrogen-bond acceptors (Lipinski definition) is 5. The van der Waals surface area contributed by atoms with Crippen molar-refractivity contribution in [1.82, 2.24) is 5.32 Å². The summed E-state index contributed by atoms with van der Waals surface area (Å²) in [5.41, 5.74) is 4.74. The van der Waals surface area contributed by atoms with E-state index in [1.807, 2.05) is 31.4 Å². The lowest BCUT2D eigenvalue weighted by atomic mass is 10.0. The molecule has 1 atom stereocenters. The zero-order valence-corrected chi connectivity index (χ0v) is 12.2. The number of aliphatic hydroxyl groups is 1. The Kier molecular flexibility index (Phi) is 6.44. The Morgan fingerprint density at radius 2 is 2.37 bits per heavy atom. The van der Waals surface area contributed by atoms with Gasteiger partial charge in [-0.3, -0.25) is 4.79 Å². The van der Waals surface area contributed by atoms with Crippen molar-refractivity contribution < 1.29 is 14.6 Å². The van der Waals surface area contributed by atoms with Gasteiger partial charge >= 0.3 is 0 Å². The molecule has 1 heterocycles. The Morgan fingerprint density at radius 3 is 2.95 bits per heavy atom. The minimum atomic E-state index is -0.605. The van der Waals surface area contributed by atoms with Crippen molar-refractivity contribution in [2.24, 2.45) is 5.73 Å². The quantitative estimate of drug-likeness (QED) is 0.629. The lowest BCUT2D eigenvalue weighted by molar-refractivity contribution is -0.119. The molecule has 1 amide bonds.